The van der Waals surface area contributed by atoms with Crippen LogP contribution in [0.1, 0.15) is 53.3 Å². The number of rotatable bonds is 4. The quantitative estimate of drug-likeness (QED) is 0.847. The standard InChI is InChI=1S/C16H20N4O2/c1-10-7-14(12(9-17-10)16(21)22-2)18-15-8-13(19-20-15)11-5-3-4-6-11/h7-9,11H,3-6H2,1-2H3,(H2,17,18,19,20). The average Bonchev–Trinajstić information content (AvgIpc) is 3.17. The first kappa shape index (κ1) is 14.6. The van der Waals surface area contributed by atoms with Gasteiger partial charge in [0.25, 0.3) is 0 Å². The molecule has 3 rings (SSSR count). The Balaban J connectivity index is 1.83. The molecule has 0 aliphatic heterocycles. The molecular weight excluding hydrogens is 280 g/mol. The maximum Gasteiger partial charge on any atom is 0.341 e. The van der Waals surface area contributed by atoms with Crippen molar-refractivity contribution in [3.8, 4) is 0 Å². The molecular formula is C16H20N4O2. The van der Waals surface area contributed by atoms with Crippen molar-refractivity contribution < 1.29 is 9.53 Å². The lowest BCUT2D eigenvalue weighted by atomic mass is 10.0. The van der Waals surface area contributed by atoms with Gasteiger partial charge >= 0.3 is 5.97 Å². The molecule has 0 radical (unpaired) electrons. The molecule has 1 aliphatic carbocycles. The molecule has 2 aromatic heterocycles. The molecule has 0 bridgehead atoms. The van der Waals surface area contributed by atoms with E-state index < -0.39 is 5.97 Å². The summed E-state index contributed by atoms with van der Waals surface area (Å²) in [6.07, 6.45) is 6.51. The second-order valence-corrected chi connectivity index (χ2v) is 5.68. The smallest absolute Gasteiger partial charge is 0.341 e. The fourth-order valence-electron chi connectivity index (χ4n) is 2.92. The third-order valence-corrected chi connectivity index (χ3v) is 4.10. The Labute approximate surface area is 129 Å². The fraction of sp³-hybridized carbons (Fsp3) is 0.438. The molecule has 2 aromatic rings. The van der Waals surface area contributed by atoms with E-state index in [0.29, 0.717) is 23.0 Å². The number of ether oxygens (including phenoxy) is 1. The Morgan fingerprint density at radius 1 is 1.36 bits per heavy atom. The van der Waals surface area contributed by atoms with E-state index in [1.165, 1.54) is 39.0 Å². The van der Waals surface area contributed by atoms with Crippen LogP contribution in [0, 0.1) is 6.92 Å². The summed E-state index contributed by atoms with van der Waals surface area (Å²) in [5, 5.41) is 10.6. The number of nitrogens with one attached hydrogen (secondary N) is 2. The molecule has 0 aromatic carbocycles. The van der Waals surface area contributed by atoms with Gasteiger partial charge in [0.1, 0.15) is 5.56 Å². The highest BCUT2D eigenvalue weighted by atomic mass is 16.5. The van der Waals surface area contributed by atoms with Crippen LogP contribution in [0.3, 0.4) is 0 Å². The topological polar surface area (TPSA) is 79.9 Å². The zero-order chi connectivity index (χ0) is 15.5. The highest BCUT2D eigenvalue weighted by Gasteiger charge is 2.20. The van der Waals surface area contributed by atoms with Crippen molar-refractivity contribution in [1.29, 1.82) is 0 Å². The number of nitrogens with zero attached hydrogens (tertiary/aromatic N) is 2. The number of pyridine rings is 1. The summed E-state index contributed by atoms with van der Waals surface area (Å²) in [6.45, 7) is 1.88. The van der Waals surface area contributed by atoms with Gasteiger partial charge in [0.2, 0.25) is 0 Å². The minimum Gasteiger partial charge on any atom is -0.465 e. The lowest BCUT2D eigenvalue weighted by Gasteiger charge is -2.09. The summed E-state index contributed by atoms with van der Waals surface area (Å²) in [5.41, 5.74) is 3.04. The number of carbonyl (C=O) groups is 1. The normalized spacial score (nSPS) is 15.0. The number of hydrogen-bond donors (Lipinski definition) is 2. The van der Waals surface area contributed by atoms with Gasteiger partial charge in [-0.05, 0) is 25.8 Å². The lowest BCUT2D eigenvalue weighted by molar-refractivity contribution is 0.0601. The van der Waals surface area contributed by atoms with Crippen molar-refractivity contribution in [2.75, 3.05) is 12.4 Å². The first-order chi connectivity index (χ1) is 10.7. The third-order valence-electron chi connectivity index (χ3n) is 4.10. The summed E-state index contributed by atoms with van der Waals surface area (Å²) in [7, 11) is 1.36. The highest BCUT2D eigenvalue weighted by molar-refractivity contribution is 5.96. The molecule has 1 fully saturated rings. The molecule has 0 spiro atoms. The maximum atomic E-state index is 11.8. The molecule has 0 atom stereocenters. The number of aryl methyl sites for hydroxylation is 1. The summed E-state index contributed by atoms with van der Waals surface area (Å²) in [6, 6.07) is 3.84. The number of anilines is 2. The van der Waals surface area contributed by atoms with Gasteiger partial charge in [-0.25, -0.2) is 4.79 Å². The van der Waals surface area contributed by atoms with Crippen LogP contribution in [-0.4, -0.2) is 28.3 Å². The van der Waals surface area contributed by atoms with E-state index >= 15 is 0 Å². The van der Waals surface area contributed by atoms with Gasteiger partial charge in [-0.2, -0.15) is 5.10 Å². The highest BCUT2D eigenvalue weighted by Crippen LogP contribution is 2.34. The summed E-state index contributed by atoms with van der Waals surface area (Å²) < 4.78 is 4.79. The van der Waals surface area contributed by atoms with E-state index in [1.54, 1.807) is 0 Å². The van der Waals surface area contributed by atoms with Crippen molar-refractivity contribution >= 4 is 17.5 Å². The Morgan fingerprint density at radius 3 is 2.86 bits per heavy atom. The third kappa shape index (κ3) is 2.95. The predicted octanol–water partition coefficient (Wildman–Crippen LogP) is 3.30. The number of aromatic amines is 1. The Hall–Kier alpha value is -2.37. The summed E-state index contributed by atoms with van der Waals surface area (Å²) in [4.78, 5) is 16.0. The van der Waals surface area contributed by atoms with Gasteiger partial charge in [0.05, 0.1) is 12.8 Å². The van der Waals surface area contributed by atoms with Crippen molar-refractivity contribution in [2.45, 2.75) is 38.5 Å². The molecule has 116 valence electrons. The van der Waals surface area contributed by atoms with Crippen molar-refractivity contribution in [3.05, 3.63) is 35.3 Å². The second kappa shape index (κ2) is 6.17. The summed E-state index contributed by atoms with van der Waals surface area (Å²) >= 11 is 0. The minimum absolute atomic E-state index is 0.401. The molecule has 2 heterocycles. The molecule has 22 heavy (non-hydrogen) atoms. The van der Waals surface area contributed by atoms with E-state index in [-0.39, 0.29) is 0 Å². The number of aromatic nitrogens is 3. The van der Waals surface area contributed by atoms with Crippen molar-refractivity contribution in [3.63, 3.8) is 0 Å². The number of carbonyl (C=O) groups excluding carboxylic acids is 1. The van der Waals surface area contributed by atoms with Gasteiger partial charge in [-0.1, -0.05) is 12.8 Å². The van der Waals surface area contributed by atoms with Crippen LogP contribution in [0.5, 0.6) is 0 Å². The zero-order valence-electron chi connectivity index (χ0n) is 12.8. The van der Waals surface area contributed by atoms with E-state index in [4.69, 9.17) is 4.74 Å². The minimum atomic E-state index is -0.415. The summed E-state index contributed by atoms with van der Waals surface area (Å²) in [5.74, 6) is 0.863. The maximum absolute atomic E-state index is 11.8. The average molecular weight is 300 g/mol. The van der Waals surface area contributed by atoms with Crippen LogP contribution in [0.15, 0.2) is 18.3 Å². The van der Waals surface area contributed by atoms with Crippen molar-refractivity contribution in [1.82, 2.24) is 15.2 Å². The monoisotopic (exact) mass is 300 g/mol. The molecule has 6 heteroatoms. The molecule has 0 unspecified atom stereocenters. The Morgan fingerprint density at radius 2 is 2.14 bits per heavy atom. The van der Waals surface area contributed by atoms with Crippen LogP contribution in [0.4, 0.5) is 11.5 Å². The molecule has 0 saturated heterocycles. The van der Waals surface area contributed by atoms with Gasteiger partial charge in [0.15, 0.2) is 5.82 Å². The molecule has 0 amide bonds. The second-order valence-electron chi connectivity index (χ2n) is 5.68. The van der Waals surface area contributed by atoms with Crippen LogP contribution in [0.25, 0.3) is 0 Å². The number of methoxy groups -OCH3 is 1. The van der Waals surface area contributed by atoms with Gasteiger partial charge in [-0.3, -0.25) is 10.1 Å². The zero-order valence-corrected chi connectivity index (χ0v) is 12.8. The van der Waals surface area contributed by atoms with Crippen LogP contribution in [0.2, 0.25) is 0 Å². The first-order valence-corrected chi connectivity index (χ1v) is 7.54. The molecule has 2 N–H and O–H groups in total. The van der Waals surface area contributed by atoms with Crippen molar-refractivity contribution in [2.24, 2.45) is 0 Å². The Kier molecular flexibility index (Phi) is 4.09. The van der Waals surface area contributed by atoms with Gasteiger partial charge in [0, 0.05) is 29.6 Å². The van der Waals surface area contributed by atoms with Crippen LogP contribution in [-0.2, 0) is 4.74 Å². The van der Waals surface area contributed by atoms with Crippen LogP contribution >= 0.6 is 0 Å². The molecule has 1 saturated carbocycles. The first-order valence-electron chi connectivity index (χ1n) is 7.54. The SMILES string of the molecule is COC(=O)c1cnc(C)cc1Nc1cc(C2CCCC2)[nH]n1. The largest absolute Gasteiger partial charge is 0.465 e. The fourth-order valence-corrected chi connectivity index (χ4v) is 2.92. The van der Waals surface area contributed by atoms with E-state index in [2.05, 4.69) is 20.5 Å². The number of H-pyrrole nitrogens is 1. The van der Waals surface area contributed by atoms with Crippen LogP contribution < -0.4 is 5.32 Å². The Bertz CT molecular complexity index is 675. The van der Waals surface area contributed by atoms with E-state index in [0.717, 1.165) is 11.4 Å². The van der Waals surface area contributed by atoms with E-state index in [9.17, 15) is 4.79 Å². The number of hydrogen-bond acceptors (Lipinski definition) is 5. The molecule has 6 nitrogen and oxygen atoms in total. The lowest BCUT2D eigenvalue weighted by Crippen LogP contribution is -2.07. The predicted molar refractivity (Wildman–Crippen MR) is 83.4 cm³/mol. The number of esters is 1. The van der Waals surface area contributed by atoms with Gasteiger partial charge < -0.3 is 10.1 Å². The molecule has 1 aliphatic rings. The van der Waals surface area contributed by atoms with Gasteiger partial charge in [-0.15, -0.1) is 0 Å². The van der Waals surface area contributed by atoms with E-state index in [1.807, 2.05) is 19.1 Å².